The molecule has 0 N–H and O–H groups in total. The van der Waals surface area contributed by atoms with E-state index in [1.807, 2.05) is 0 Å². The Morgan fingerprint density at radius 1 is 1.27 bits per heavy atom. The van der Waals surface area contributed by atoms with Gasteiger partial charge in [-0.1, -0.05) is 6.07 Å². The molecular weight excluding hydrogens is 209 g/mol. The third-order valence-corrected chi connectivity index (χ3v) is 2.14. The van der Waals surface area contributed by atoms with Crippen LogP contribution in [0.5, 0.6) is 11.5 Å². The molecule has 0 unspecified atom stereocenters. The SMILES string of the molecule is FC(F)(F)Oc1cccc2c1CCCO2. The summed E-state index contributed by atoms with van der Waals surface area (Å²) in [7, 11) is 0. The van der Waals surface area contributed by atoms with E-state index in [9.17, 15) is 13.2 Å². The zero-order chi connectivity index (χ0) is 10.9. The van der Waals surface area contributed by atoms with Crippen molar-refractivity contribution in [1.29, 1.82) is 0 Å². The van der Waals surface area contributed by atoms with Crippen LogP contribution in [0.2, 0.25) is 0 Å². The molecule has 5 heteroatoms. The summed E-state index contributed by atoms with van der Waals surface area (Å²) >= 11 is 0. The van der Waals surface area contributed by atoms with Crippen molar-refractivity contribution in [2.24, 2.45) is 0 Å². The number of ether oxygens (including phenoxy) is 2. The molecule has 1 aromatic carbocycles. The first-order valence-corrected chi connectivity index (χ1v) is 4.57. The Bertz CT molecular complexity index is 360. The van der Waals surface area contributed by atoms with Crippen LogP contribution in [0.1, 0.15) is 12.0 Å². The molecule has 82 valence electrons. The maximum atomic E-state index is 12.0. The van der Waals surface area contributed by atoms with Crippen LogP contribution in [-0.2, 0) is 6.42 Å². The summed E-state index contributed by atoms with van der Waals surface area (Å²) in [6.45, 7) is 0.544. The van der Waals surface area contributed by atoms with E-state index in [1.54, 1.807) is 6.07 Å². The van der Waals surface area contributed by atoms with Crippen molar-refractivity contribution in [3.63, 3.8) is 0 Å². The van der Waals surface area contributed by atoms with Crippen LogP contribution in [0.3, 0.4) is 0 Å². The minimum absolute atomic E-state index is 0.153. The number of fused-ring (bicyclic) bond motifs is 1. The van der Waals surface area contributed by atoms with Crippen molar-refractivity contribution < 1.29 is 22.6 Å². The average molecular weight is 218 g/mol. The predicted octanol–water partition coefficient (Wildman–Crippen LogP) is 2.91. The lowest BCUT2D eigenvalue weighted by molar-refractivity contribution is -0.275. The number of benzene rings is 1. The number of halogens is 3. The second-order valence-electron chi connectivity index (χ2n) is 3.23. The summed E-state index contributed by atoms with van der Waals surface area (Å²) in [5, 5.41) is 0. The molecule has 0 aliphatic carbocycles. The highest BCUT2D eigenvalue weighted by Crippen LogP contribution is 2.35. The van der Waals surface area contributed by atoms with Crippen LogP contribution in [0.15, 0.2) is 18.2 Å². The fraction of sp³-hybridized carbons (Fsp3) is 0.400. The smallest absolute Gasteiger partial charge is 0.493 e. The molecule has 0 spiro atoms. The van der Waals surface area contributed by atoms with Gasteiger partial charge in [0.05, 0.1) is 6.61 Å². The van der Waals surface area contributed by atoms with E-state index in [2.05, 4.69) is 4.74 Å². The van der Waals surface area contributed by atoms with E-state index in [0.717, 1.165) is 0 Å². The molecule has 0 fully saturated rings. The van der Waals surface area contributed by atoms with Gasteiger partial charge in [0.1, 0.15) is 11.5 Å². The van der Waals surface area contributed by atoms with E-state index in [1.165, 1.54) is 12.1 Å². The number of alkyl halides is 3. The van der Waals surface area contributed by atoms with Gasteiger partial charge in [-0.25, -0.2) is 0 Å². The van der Waals surface area contributed by atoms with Crippen LogP contribution in [0.25, 0.3) is 0 Å². The van der Waals surface area contributed by atoms with Gasteiger partial charge in [0.25, 0.3) is 0 Å². The van der Waals surface area contributed by atoms with E-state index >= 15 is 0 Å². The molecule has 1 aromatic rings. The summed E-state index contributed by atoms with van der Waals surface area (Å²) in [4.78, 5) is 0. The monoisotopic (exact) mass is 218 g/mol. The Morgan fingerprint density at radius 3 is 2.80 bits per heavy atom. The Kier molecular flexibility index (Phi) is 2.46. The topological polar surface area (TPSA) is 18.5 Å². The third kappa shape index (κ3) is 2.34. The average Bonchev–Trinajstić information content (AvgIpc) is 2.16. The molecule has 0 radical (unpaired) electrons. The van der Waals surface area contributed by atoms with E-state index < -0.39 is 6.36 Å². The standard InChI is InChI=1S/C10H9F3O2/c11-10(12,13)15-9-5-1-4-8-7(9)3-2-6-14-8/h1,4-5H,2-3,6H2. The molecule has 0 amide bonds. The first kappa shape index (κ1) is 10.1. The maximum Gasteiger partial charge on any atom is 0.573 e. The molecule has 1 aliphatic rings. The van der Waals surface area contributed by atoms with Gasteiger partial charge < -0.3 is 9.47 Å². The van der Waals surface area contributed by atoms with Gasteiger partial charge in [-0.05, 0) is 25.0 Å². The Labute approximate surface area is 84.6 Å². The van der Waals surface area contributed by atoms with E-state index in [0.29, 0.717) is 30.8 Å². The number of rotatable bonds is 1. The van der Waals surface area contributed by atoms with Gasteiger partial charge >= 0.3 is 6.36 Å². The molecule has 0 bridgehead atoms. The van der Waals surface area contributed by atoms with Crippen LogP contribution in [0, 0.1) is 0 Å². The summed E-state index contributed by atoms with van der Waals surface area (Å²) in [6, 6.07) is 4.45. The zero-order valence-corrected chi connectivity index (χ0v) is 7.80. The van der Waals surface area contributed by atoms with Crippen LogP contribution < -0.4 is 9.47 Å². The minimum atomic E-state index is -4.65. The Balaban J connectivity index is 2.31. The second-order valence-corrected chi connectivity index (χ2v) is 3.23. The predicted molar refractivity (Wildman–Crippen MR) is 46.9 cm³/mol. The van der Waals surface area contributed by atoms with E-state index in [-0.39, 0.29) is 5.75 Å². The summed E-state index contributed by atoms with van der Waals surface area (Å²) in [5.41, 5.74) is 0.501. The fourth-order valence-corrected chi connectivity index (χ4v) is 1.58. The largest absolute Gasteiger partial charge is 0.573 e. The van der Waals surface area contributed by atoms with Crippen LogP contribution in [-0.4, -0.2) is 13.0 Å². The van der Waals surface area contributed by atoms with Gasteiger partial charge in [0.15, 0.2) is 0 Å². The zero-order valence-electron chi connectivity index (χ0n) is 7.80. The van der Waals surface area contributed by atoms with Gasteiger partial charge in [-0.2, -0.15) is 0 Å². The Hall–Kier alpha value is -1.39. The molecule has 0 aromatic heterocycles. The summed E-state index contributed by atoms with van der Waals surface area (Å²) < 4.78 is 45.3. The van der Waals surface area contributed by atoms with Gasteiger partial charge in [-0.15, -0.1) is 13.2 Å². The van der Waals surface area contributed by atoms with Crippen molar-refractivity contribution >= 4 is 0 Å². The lowest BCUT2D eigenvalue weighted by Crippen LogP contribution is -2.19. The molecule has 1 heterocycles. The Morgan fingerprint density at radius 2 is 2.07 bits per heavy atom. The van der Waals surface area contributed by atoms with Gasteiger partial charge in [0, 0.05) is 5.56 Å². The highest BCUT2D eigenvalue weighted by Gasteiger charge is 2.32. The number of hydrogen-bond donors (Lipinski definition) is 0. The molecular formula is C10H9F3O2. The van der Waals surface area contributed by atoms with Crippen molar-refractivity contribution in [2.75, 3.05) is 6.61 Å². The third-order valence-electron chi connectivity index (χ3n) is 2.14. The van der Waals surface area contributed by atoms with Crippen molar-refractivity contribution in [1.82, 2.24) is 0 Å². The lowest BCUT2D eigenvalue weighted by Gasteiger charge is -2.20. The van der Waals surface area contributed by atoms with Gasteiger partial charge in [-0.3, -0.25) is 0 Å². The minimum Gasteiger partial charge on any atom is -0.493 e. The quantitative estimate of drug-likeness (QED) is 0.721. The first-order chi connectivity index (χ1) is 7.06. The molecule has 1 aliphatic heterocycles. The van der Waals surface area contributed by atoms with Crippen molar-refractivity contribution in [3.05, 3.63) is 23.8 Å². The van der Waals surface area contributed by atoms with Crippen LogP contribution >= 0.6 is 0 Å². The van der Waals surface area contributed by atoms with E-state index in [4.69, 9.17) is 4.74 Å². The first-order valence-electron chi connectivity index (χ1n) is 4.57. The molecule has 0 saturated carbocycles. The molecule has 15 heavy (non-hydrogen) atoms. The van der Waals surface area contributed by atoms with Crippen LogP contribution in [0.4, 0.5) is 13.2 Å². The molecule has 0 atom stereocenters. The normalized spacial score (nSPS) is 15.4. The lowest BCUT2D eigenvalue weighted by atomic mass is 10.1. The highest BCUT2D eigenvalue weighted by atomic mass is 19.4. The molecule has 0 saturated heterocycles. The van der Waals surface area contributed by atoms with Gasteiger partial charge in [0.2, 0.25) is 0 Å². The fourth-order valence-electron chi connectivity index (χ4n) is 1.58. The number of hydrogen-bond acceptors (Lipinski definition) is 2. The van der Waals surface area contributed by atoms with Crippen molar-refractivity contribution in [3.8, 4) is 11.5 Å². The summed E-state index contributed by atoms with van der Waals surface area (Å²) in [5.74, 6) is 0.336. The maximum absolute atomic E-state index is 12.0. The second kappa shape index (κ2) is 3.64. The molecule has 2 nitrogen and oxygen atoms in total. The van der Waals surface area contributed by atoms with Crippen molar-refractivity contribution in [2.45, 2.75) is 19.2 Å². The molecule has 2 rings (SSSR count). The highest BCUT2D eigenvalue weighted by molar-refractivity contribution is 5.45. The summed E-state index contributed by atoms with van der Waals surface area (Å²) in [6.07, 6.45) is -3.38.